The summed E-state index contributed by atoms with van der Waals surface area (Å²) in [6.07, 6.45) is 0.997. The van der Waals surface area contributed by atoms with Crippen LogP contribution in [0.2, 0.25) is 0 Å². The third-order valence-corrected chi connectivity index (χ3v) is 4.19. The van der Waals surface area contributed by atoms with E-state index in [1.807, 2.05) is 17.5 Å². The summed E-state index contributed by atoms with van der Waals surface area (Å²) in [6.45, 7) is 4.16. The van der Waals surface area contributed by atoms with Gasteiger partial charge in [-0.15, -0.1) is 21.5 Å². The highest BCUT2D eigenvalue weighted by molar-refractivity contribution is 7.13. The van der Waals surface area contributed by atoms with Crippen LogP contribution in [-0.4, -0.2) is 31.7 Å². The van der Waals surface area contributed by atoms with Crippen LogP contribution in [0.3, 0.4) is 0 Å². The van der Waals surface area contributed by atoms with Crippen LogP contribution in [0.15, 0.2) is 21.9 Å². The first kappa shape index (κ1) is 16.3. The van der Waals surface area contributed by atoms with Gasteiger partial charge in [0.1, 0.15) is 6.54 Å². The third-order valence-electron chi connectivity index (χ3n) is 3.33. The van der Waals surface area contributed by atoms with E-state index >= 15 is 0 Å². The molecule has 0 aliphatic carbocycles. The molecule has 0 spiro atoms. The number of quaternary nitrogens is 1. The summed E-state index contributed by atoms with van der Waals surface area (Å²) >= 11 is 1.57. The van der Waals surface area contributed by atoms with E-state index in [-0.39, 0.29) is 11.9 Å². The van der Waals surface area contributed by atoms with Crippen molar-refractivity contribution in [3.63, 3.8) is 0 Å². The molecule has 126 valence electrons. The second kappa shape index (κ2) is 7.32. The molecule has 0 saturated heterocycles. The summed E-state index contributed by atoms with van der Waals surface area (Å²) in [7, 11) is 0. The van der Waals surface area contributed by atoms with Crippen molar-refractivity contribution in [2.45, 2.75) is 26.4 Å². The highest BCUT2D eigenvalue weighted by Gasteiger charge is 2.18. The lowest BCUT2D eigenvalue weighted by atomic mass is 10.3. The average Bonchev–Trinajstić information content (AvgIpc) is 3.16. The number of hydrogen-bond donors (Lipinski definition) is 3. The van der Waals surface area contributed by atoms with Crippen LogP contribution in [-0.2, 0) is 13.1 Å². The van der Waals surface area contributed by atoms with Crippen molar-refractivity contribution in [3.8, 4) is 10.8 Å². The van der Waals surface area contributed by atoms with E-state index in [1.165, 1.54) is 4.90 Å². The van der Waals surface area contributed by atoms with Gasteiger partial charge in [-0.1, -0.05) is 13.0 Å². The van der Waals surface area contributed by atoms with Crippen LogP contribution < -0.4 is 16.4 Å². The Kier molecular flexibility index (Phi) is 4.96. The van der Waals surface area contributed by atoms with E-state index in [0.29, 0.717) is 30.7 Å². The molecule has 1 unspecified atom stereocenters. The first-order chi connectivity index (χ1) is 11.6. The molecule has 3 aromatic rings. The molecule has 0 bridgehead atoms. The van der Waals surface area contributed by atoms with Gasteiger partial charge in [0.15, 0.2) is 12.4 Å². The third kappa shape index (κ3) is 4.03. The Bertz CT molecular complexity index is 768. The Morgan fingerprint density at radius 1 is 1.12 bits per heavy atom. The fourth-order valence-electron chi connectivity index (χ4n) is 2.39. The van der Waals surface area contributed by atoms with Gasteiger partial charge < -0.3 is 20.8 Å². The maximum Gasteiger partial charge on any atom is 0.271 e. The largest absolute Gasteiger partial charge is 0.414 e. The van der Waals surface area contributed by atoms with E-state index in [9.17, 15) is 0 Å². The fourth-order valence-corrected chi connectivity index (χ4v) is 3.04. The van der Waals surface area contributed by atoms with Crippen LogP contribution in [0.1, 0.15) is 25.1 Å². The van der Waals surface area contributed by atoms with Crippen LogP contribution in [0.25, 0.3) is 10.8 Å². The fraction of sp³-hybridized carbons (Fsp3) is 0.357. The smallest absolute Gasteiger partial charge is 0.271 e. The second-order valence-corrected chi connectivity index (χ2v) is 6.25. The molecule has 1 atom stereocenters. The summed E-state index contributed by atoms with van der Waals surface area (Å²) < 4.78 is 5.75. The molecule has 3 heterocycles. The minimum atomic E-state index is 0.131. The quantitative estimate of drug-likeness (QED) is 0.549. The van der Waals surface area contributed by atoms with Gasteiger partial charge in [-0.25, -0.2) is 0 Å². The summed E-state index contributed by atoms with van der Waals surface area (Å²) in [5.74, 6) is 1.94. The number of hydrogen-bond acceptors (Lipinski definition) is 9. The van der Waals surface area contributed by atoms with Gasteiger partial charge in [-0.2, -0.15) is 15.0 Å². The van der Waals surface area contributed by atoms with Crippen molar-refractivity contribution in [2.75, 3.05) is 18.0 Å². The van der Waals surface area contributed by atoms with Gasteiger partial charge >= 0.3 is 0 Å². The molecular formula is C14H19N8OS+. The molecule has 0 aliphatic rings. The van der Waals surface area contributed by atoms with Gasteiger partial charge in [0.2, 0.25) is 11.9 Å². The Labute approximate surface area is 142 Å². The van der Waals surface area contributed by atoms with Crippen molar-refractivity contribution in [2.24, 2.45) is 0 Å². The van der Waals surface area contributed by atoms with E-state index < -0.39 is 0 Å². The summed E-state index contributed by atoms with van der Waals surface area (Å²) in [6, 6.07) is 3.91. The summed E-state index contributed by atoms with van der Waals surface area (Å²) in [4.78, 5) is 14.2. The lowest BCUT2D eigenvalue weighted by Crippen LogP contribution is -3.09. The molecule has 3 aromatic heterocycles. The maximum absolute atomic E-state index is 5.75. The Hall–Kier alpha value is -2.59. The predicted molar refractivity (Wildman–Crippen MR) is 89.8 cm³/mol. The topological polar surface area (TPSA) is 134 Å². The van der Waals surface area contributed by atoms with Crippen LogP contribution in [0.5, 0.6) is 0 Å². The molecule has 0 aromatic carbocycles. The van der Waals surface area contributed by atoms with Crippen LogP contribution in [0, 0.1) is 0 Å². The van der Waals surface area contributed by atoms with Crippen molar-refractivity contribution < 1.29 is 9.32 Å². The Balaban J connectivity index is 1.72. The van der Waals surface area contributed by atoms with Gasteiger partial charge in [-0.3, -0.25) is 0 Å². The van der Waals surface area contributed by atoms with Crippen molar-refractivity contribution >= 4 is 23.2 Å². The average molecular weight is 347 g/mol. The molecule has 9 nitrogen and oxygen atoms in total. The number of nitrogen functional groups attached to an aromatic ring is 2. The van der Waals surface area contributed by atoms with Gasteiger partial charge in [0.05, 0.1) is 11.4 Å². The lowest BCUT2D eigenvalue weighted by Gasteiger charge is -2.16. The number of nitrogens with two attached hydrogens (primary N) is 2. The number of thiophene rings is 1. The van der Waals surface area contributed by atoms with E-state index in [2.05, 4.69) is 32.1 Å². The number of nitrogens with zero attached hydrogens (tertiary/aromatic N) is 5. The monoisotopic (exact) mass is 347 g/mol. The highest BCUT2D eigenvalue weighted by Crippen LogP contribution is 2.22. The van der Waals surface area contributed by atoms with E-state index in [4.69, 9.17) is 15.9 Å². The molecule has 0 radical (unpaired) electrons. The Morgan fingerprint density at radius 2 is 1.92 bits per heavy atom. The molecule has 24 heavy (non-hydrogen) atoms. The molecule has 3 rings (SSSR count). The summed E-state index contributed by atoms with van der Waals surface area (Å²) in [5.41, 5.74) is 11.3. The molecule has 0 amide bonds. The molecule has 0 saturated carbocycles. The molecule has 0 fully saturated rings. The number of nitrogens with one attached hydrogen (secondary N) is 1. The first-order valence-corrected chi connectivity index (χ1v) is 8.47. The van der Waals surface area contributed by atoms with Gasteiger partial charge in [0.25, 0.3) is 11.8 Å². The van der Waals surface area contributed by atoms with E-state index in [0.717, 1.165) is 17.8 Å². The minimum Gasteiger partial charge on any atom is -0.414 e. The van der Waals surface area contributed by atoms with Crippen molar-refractivity contribution in [1.82, 2.24) is 25.1 Å². The zero-order chi connectivity index (χ0) is 16.9. The SMILES string of the molecule is CCC[NH+](Cc1nc(N)nc(N)n1)Cc1nnc(-c2cccs2)o1. The lowest BCUT2D eigenvalue weighted by molar-refractivity contribution is -0.929. The van der Waals surface area contributed by atoms with Crippen LogP contribution in [0.4, 0.5) is 11.9 Å². The normalized spacial score (nSPS) is 12.4. The van der Waals surface area contributed by atoms with E-state index in [1.54, 1.807) is 11.3 Å². The number of anilines is 2. The molecule has 10 heteroatoms. The maximum atomic E-state index is 5.75. The zero-order valence-electron chi connectivity index (χ0n) is 13.3. The minimum absolute atomic E-state index is 0.131. The zero-order valence-corrected chi connectivity index (χ0v) is 14.1. The number of rotatable bonds is 7. The Morgan fingerprint density at radius 3 is 2.58 bits per heavy atom. The molecular weight excluding hydrogens is 328 g/mol. The van der Waals surface area contributed by atoms with Gasteiger partial charge in [0, 0.05) is 0 Å². The second-order valence-electron chi connectivity index (χ2n) is 5.30. The molecule has 0 aliphatic heterocycles. The predicted octanol–water partition coefficient (Wildman–Crippen LogP) is 0.143. The van der Waals surface area contributed by atoms with Crippen molar-refractivity contribution in [3.05, 3.63) is 29.2 Å². The summed E-state index contributed by atoms with van der Waals surface area (Å²) in [5, 5.41) is 10.2. The number of aromatic nitrogens is 5. The van der Waals surface area contributed by atoms with Gasteiger partial charge in [-0.05, 0) is 17.9 Å². The molecule has 5 N–H and O–H groups in total. The highest BCUT2D eigenvalue weighted by atomic mass is 32.1. The van der Waals surface area contributed by atoms with Crippen molar-refractivity contribution in [1.29, 1.82) is 0 Å². The standard InChI is InChI=1S/C14H18N8OS/c1-2-5-22(7-10-17-13(15)19-14(16)18-10)8-11-20-21-12(23-11)9-4-3-6-24-9/h3-4,6H,2,5,7-8H2,1H3,(H4,15,16,17,18,19)/p+1. The van der Waals surface area contributed by atoms with Crippen LogP contribution >= 0.6 is 11.3 Å². The first-order valence-electron chi connectivity index (χ1n) is 7.59.